The van der Waals surface area contributed by atoms with E-state index in [1.165, 1.54) is 0 Å². The molecule has 3 N–H and O–H groups in total. The van der Waals surface area contributed by atoms with Crippen LogP contribution in [0.4, 0.5) is 16.2 Å². The Bertz CT molecular complexity index is 709. The molecule has 8 nitrogen and oxygen atoms in total. The first-order valence-corrected chi connectivity index (χ1v) is 10.5. The normalized spacial score (nSPS) is 18.8. The van der Waals surface area contributed by atoms with E-state index in [0.29, 0.717) is 6.61 Å². The lowest BCUT2D eigenvalue weighted by atomic mass is 9.91. The molecule has 0 saturated heterocycles. The number of carbonyl (C=O) groups is 2. The third kappa shape index (κ3) is 8.00. The quantitative estimate of drug-likeness (QED) is 0.547. The molecule has 1 amide bonds. The van der Waals surface area contributed by atoms with Gasteiger partial charge in [0, 0.05) is 18.2 Å². The van der Waals surface area contributed by atoms with Crippen molar-refractivity contribution in [2.45, 2.75) is 71.1 Å². The standard InChI is InChI=1S/C22H35N3O5/c1-6-29-20(26)14-23-18-12-11-17(28-5)13-19(18)24-15-7-9-16(10-8-15)25-21(27)30-22(2,3)4/h11-13,15-16,23-24H,6-10,14H2,1-5H3,(H,25,27). The highest BCUT2D eigenvalue weighted by atomic mass is 16.6. The van der Waals surface area contributed by atoms with E-state index in [2.05, 4.69) is 16.0 Å². The summed E-state index contributed by atoms with van der Waals surface area (Å²) in [5.41, 5.74) is 1.20. The largest absolute Gasteiger partial charge is 0.497 e. The second kappa shape index (κ2) is 10.9. The second-order valence-electron chi connectivity index (χ2n) is 8.41. The van der Waals surface area contributed by atoms with Gasteiger partial charge in [-0.3, -0.25) is 4.79 Å². The number of methoxy groups -OCH3 is 1. The van der Waals surface area contributed by atoms with Crippen LogP contribution in [-0.4, -0.2) is 50.0 Å². The Balaban J connectivity index is 1.91. The minimum Gasteiger partial charge on any atom is -0.497 e. The summed E-state index contributed by atoms with van der Waals surface area (Å²) in [6.07, 6.45) is 3.19. The van der Waals surface area contributed by atoms with Crippen molar-refractivity contribution in [3.63, 3.8) is 0 Å². The minimum absolute atomic E-state index is 0.0986. The van der Waals surface area contributed by atoms with Crippen LogP contribution >= 0.6 is 0 Å². The summed E-state index contributed by atoms with van der Waals surface area (Å²) >= 11 is 0. The van der Waals surface area contributed by atoms with Crippen LogP contribution in [0.25, 0.3) is 0 Å². The molecule has 1 saturated carbocycles. The molecule has 1 fully saturated rings. The van der Waals surface area contributed by atoms with Crippen LogP contribution < -0.4 is 20.7 Å². The van der Waals surface area contributed by atoms with Gasteiger partial charge in [0.2, 0.25) is 0 Å². The first-order valence-electron chi connectivity index (χ1n) is 10.5. The van der Waals surface area contributed by atoms with Gasteiger partial charge < -0.3 is 30.2 Å². The van der Waals surface area contributed by atoms with Crippen molar-refractivity contribution in [2.24, 2.45) is 0 Å². The second-order valence-corrected chi connectivity index (χ2v) is 8.41. The molecule has 8 heteroatoms. The van der Waals surface area contributed by atoms with Crippen molar-refractivity contribution in [1.29, 1.82) is 0 Å². The van der Waals surface area contributed by atoms with Crippen LogP contribution in [0.15, 0.2) is 18.2 Å². The van der Waals surface area contributed by atoms with E-state index in [0.717, 1.165) is 42.8 Å². The summed E-state index contributed by atoms with van der Waals surface area (Å²) in [4.78, 5) is 23.7. The number of benzene rings is 1. The van der Waals surface area contributed by atoms with Gasteiger partial charge in [0.25, 0.3) is 0 Å². The number of carbonyl (C=O) groups excluding carboxylic acids is 2. The topological polar surface area (TPSA) is 97.9 Å². The molecule has 1 aromatic carbocycles. The van der Waals surface area contributed by atoms with Gasteiger partial charge in [0.1, 0.15) is 17.9 Å². The van der Waals surface area contributed by atoms with Crippen molar-refractivity contribution >= 4 is 23.4 Å². The average Bonchev–Trinajstić information content (AvgIpc) is 2.67. The number of amides is 1. The smallest absolute Gasteiger partial charge is 0.407 e. The average molecular weight is 422 g/mol. The lowest BCUT2D eigenvalue weighted by molar-refractivity contribution is -0.140. The van der Waals surface area contributed by atoms with Crippen LogP contribution in [0, 0.1) is 0 Å². The zero-order chi connectivity index (χ0) is 22.1. The molecule has 30 heavy (non-hydrogen) atoms. The maximum atomic E-state index is 12.0. The molecule has 1 aliphatic carbocycles. The molecule has 1 aliphatic rings. The van der Waals surface area contributed by atoms with Gasteiger partial charge in [-0.05, 0) is 65.5 Å². The zero-order valence-electron chi connectivity index (χ0n) is 18.7. The SMILES string of the molecule is CCOC(=O)CNc1ccc(OC)cc1NC1CCC(NC(=O)OC(C)(C)C)CC1. The highest BCUT2D eigenvalue weighted by Crippen LogP contribution is 2.30. The molecule has 168 valence electrons. The first kappa shape index (κ1) is 23.6. The number of rotatable bonds is 8. The van der Waals surface area contributed by atoms with Gasteiger partial charge in [-0.1, -0.05) is 0 Å². The highest BCUT2D eigenvalue weighted by molar-refractivity contribution is 5.79. The monoisotopic (exact) mass is 421 g/mol. The van der Waals surface area contributed by atoms with E-state index < -0.39 is 5.60 Å². The zero-order valence-corrected chi connectivity index (χ0v) is 18.7. The van der Waals surface area contributed by atoms with E-state index in [1.54, 1.807) is 14.0 Å². The van der Waals surface area contributed by atoms with Crippen LogP contribution in [-0.2, 0) is 14.3 Å². The Kier molecular flexibility index (Phi) is 8.62. The summed E-state index contributed by atoms with van der Waals surface area (Å²) in [5.74, 6) is 0.437. The van der Waals surface area contributed by atoms with Gasteiger partial charge in [0.15, 0.2) is 0 Å². The van der Waals surface area contributed by atoms with Crippen molar-refractivity contribution < 1.29 is 23.8 Å². The number of esters is 1. The summed E-state index contributed by atoms with van der Waals surface area (Å²) in [7, 11) is 1.62. The minimum atomic E-state index is -0.498. The highest BCUT2D eigenvalue weighted by Gasteiger charge is 2.25. The molecule has 0 heterocycles. The molecule has 1 aromatic rings. The van der Waals surface area contributed by atoms with Gasteiger partial charge >= 0.3 is 12.1 Å². The molecule has 0 bridgehead atoms. The lowest BCUT2D eigenvalue weighted by Gasteiger charge is -2.31. The Hall–Kier alpha value is -2.64. The Labute approximate surface area is 179 Å². The summed E-state index contributed by atoms with van der Waals surface area (Å²) in [6, 6.07) is 6.02. The first-order chi connectivity index (χ1) is 14.2. The van der Waals surface area contributed by atoms with Gasteiger partial charge in [-0.15, -0.1) is 0 Å². The molecular weight excluding hydrogens is 386 g/mol. The number of ether oxygens (including phenoxy) is 3. The van der Waals surface area contributed by atoms with Gasteiger partial charge in [0.05, 0.1) is 25.1 Å². The fourth-order valence-electron chi connectivity index (χ4n) is 3.38. The van der Waals surface area contributed by atoms with E-state index in [1.807, 2.05) is 39.0 Å². The van der Waals surface area contributed by atoms with E-state index >= 15 is 0 Å². The van der Waals surface area contributed by atoms with Crippen molar-refractivity contribution in [2.75, 3.05) is 30.9 Å². The predicted molar refractivity (Wildman–Crippen MR) is 117 cm³/mol. The number of anilines is 2. The lowest BCUT2D eigenvalue weighted by Crippen LogP contribution is -2.42. The third-order valence-electron chi connectivity index (χ3n) is 4.76. The predicted octanol–water partition coefficient (Wildman–Crippen LogP) is 3.92. The maximum absolute atomic E-state index is 12.0. The molecule has 0 aromatic heterocycles. The molecule has 2 rings (SSSR count). The maximum Gasteiger partial charge on any atom is 0.407 e. The number of alkyl carbamates (subject to hydrolysis) is 1. The number of hydrogen-bond donors (Lipinski definition) is 3. The molecule has 0 atom stereocenters. The van der Waals surface area contributed by atoms with Gasteiger partial charge in [-0.2, -0.15) is 0 Å². The van der Waals surface area contributed by atoms with Gasteiger partial charge in [-0.25, -0.2) is 4.79 Å². The summed E-state index contributed by atoms with van der Waals surface area (Å²) in [6.45, 7) is 7.81. The number of hydrogen-bond acceptors (Lipinski definition) is 7. The third-order valence-corrected chi connectivity index (χ3v) is 4.76. The molecular formula is C22H35N3O5. The summed E-state index contributed by atoms with van der Waals surface area (Å²) in [5, 5.41) is 9.64. The fourth-order valence-corrected chi connectivity index (χ4v) is 3.38. The Morgan fingerprint density at radius 1 is 1.07 bits per heavy atom. The summed E-state index contributed by atoms with van der Waals surface area (Å²) < 4.78 is 15.7. The van der Waals surface area contributed by atoms with E-state index in [4.69, 9.17) is 14.2 Å². The van der Waals surface area contributed by atoms with Crippen LogP contribution in [0.5, 0.6) is 5.75 Å². The Morgan fingerprint density at radius 3 is 2.33 bits per heavy atom. The molecule has 0 unspecified atom stereocenters. The van der Waals surface area contributed by atoms with Crippen molar-refractivity contribution in [3.05, 3.63) is 18.2 Å². The molecule has 0 aliphatic heterocycles. The van der Waals surface area contributed by atoms with Crippen molar-refractivity contribution in [1.82, 2.24) is 5.32 Å². The van der Waals surface area contributed by atoms with Crippen LogP contribution in [0.3, 0.4) is 0 Å². The van der Waals surface area contributed by atoms with Crippen LogP contribution in [0.1, 0.15) is 53.4 Å². The Morgan fingerprint density at radius 2 is 1.73 bits per heavy atom. The number of nitrogens with one attached hydrogen (secondary N) is 3. The van der Waals surface area contributed by atoms with Crippen LogP contribution in [0.2, 0.25) is 0 Å². The fraction of sp³-hybridized carbons (Fsp3) is 0.636. The molecule has 0 spiro atoms. The van der Waals surface area contributed by atoms with Crippen molar-refractivity contribution in [3.8, 4) is 5.75 Å². The van der Waals surface area contributed by atoms with E-state index in [9.17, 15) is 9.59 Å². The molecule has 0 radical (unpaired) electrons. The van der Waals surface area contributed by atoms with E-state index in [-0.39, 0.29) is 30.7 Å².